The lowest BCUT2D eigenvalue weighted by Gasteiger charge is -2.42. The summed E-state index contributed by atoms with van der Waals surface area (Å²) in [6.45, 7) is 7.65. The highest BCUT2D eigenvalue weighted by Crippen LogP contribution is 2.29. The van der Waals surface area contributed by atoms with Crippen LogP contribution < -0.4 is 5.73 Å². The largest absolute Gasteiger partial charge is 0.338 e. The zero-order valence-electron chi connectivity index (χ0n) is 12.8. The highest BCUT2D eigenvalue weighted by molar-refractivity contribution is 6.05. The number of nitrogens with two attached hydrogens (primary N) is 1. The number of amides is 1. The van der Waals surface area contributed by atoms with Gasteiger partial charge in [0, 0.05) is 24.5 Å². The summed E-state index contributed by atoms with van der Waals surface area (Å²) in [6.07, 6.45) is 2.60. The van der Waals surface area contributed by atoms with Crippen LogP contribution in [0.15, 0.2) is 18.3 Å². The van der Waals surface area contributed by atoms with E-state index in [1.165, 1.54) is 0 Å². The van der Waals surface area contributed by atoms with Crippen LogP contribution in [0, 0.1) is 12.3 Å². The van der Waals surface area contributed by atoms with Crippen LogP contribution in [0.1, 0.15) is 36.2 Å². The van der Waals surface area contributed by atoms with E-state index in [0.29, 0.717) is 18.7 Å². The van der Waals surface area contributed by atoms with Gasteiger partial charge in [0.2, 0.25) is 0 Å². The molecular formula is C16H22N4O. The van der Waals surface area contributed by atoms with Gasteiger partial charge in [-0.25, -0.2) is 0 Å². The van der Waals surface area contributed by atoms with E-state index in [2.05, 4.69) is 24.0 Å². The van der Waals surface area contributed by atoms with Crippen molar-refractivity contribution in [3.63, 3.8) is 0 Å². The van der Waals surface area contributed by atoms with E-state index < -0.39 is 0 Å². The van der Waals surface area contributed by atoms with Gasteiger partial charge in [-0.05, 0) is 36.5 Å². The predicted octanol–water partition coefficient (Wildman–Crippen LogP) is 2.07. The van der Waals surface area contributed by atoms with Crippen molar-refractivity contribution in [3.05, 3.63) is 29.5 Å². The number of piperidine rings is 1. The number of aromatic amines is 1. The van der Waals surface area contributed by atoms with Crippen molar-refractivity contribution in [2.24, 2.45) is 11.1 Å². The molecule has 1 fully saturated rings. The van der Waals surface area contributed by atoms with Crippen LogP contribution in [-0.2, 0) is 0 Å². The van der Waals surface area contributed by atoms with Crippen molar-refractivity contribution >= 4 is 16.8 Å². The maximum atomic E-state index is 12.9. The molecule has 1 atom stereocenters. The minimum Gasteiger partial charge on any atom is -0.338 e. The first-order valence-electron chi connectivity index (χ1n) is 7.37. The van der Waals surface area contributed by atoms with E-state index in [0.717, 1.165) is 22.9 Å². The fourth-order valence-electron chi connectivity index (χ4n) is 3.09. The second-order valence-corrected chi connectivity index (χ2v) is 6.76. The standard InChI is InChI=1S/C16H22N4O/c1-10-6-11-8-18-19-14(11)12(7-10)15(21)20-5-4-13(17)16(2,3)9-20/h6-8,13H,4-5,9,17H2,1-3H3,(H,18,19). The van der Waals surface area contributed by atoms with Crippen molar-refractivity contribution < 1.29 is 4.79 Å². The number of H-pyrrole nitrogens is 1. The normalized spacial score (nSPS) is 21.7. The molecule has 0 aliphatic carbocycles. The number of carbonyl (C=O) groups excluding carboxylic acids is 1. The van der Waals surface area contributed by atoms with Crippen LogP contribution in [-0.4, -0.2) is 40.1 Å². The van der Waals surface area contributed by atoms with E-state index in [9.17, 15) is 4.79 Å². The highest BCUT2D eigenvalue weighted by Gasteiger charge is 2.36. The lowest BCUT2D eigenvalue weighted by Crippen LogP contribution is -2.54. The quantitative estimate of drug-likeness (QED) is 0.842. The monoisotopic (exact) mass is 286 g/mol. The maximum Gasteiger partial charge on any atom is 0.256 e. The van der Waals surface area contributed by atoms with Crippen LogP contribution in [0.2, 0.25) is 0 Å². The molecule has 3 rings (SSSR count). The van der Waals surface area contributed by atoms with Gasteiger partial charge in [0.05, 0.1) is 17.3 Å². The van der Waals surface area contributed by atoms with Crippen molar-refractivity contribution in [1.29, 1.82) is 0 Å². The van der Waals surface area contributed by atoms with Crippen LogP contribution in [0.3, 0.4) is 0 Å². The van der Waals surface area contributed by atoms with E-state index in [-0.39, 0.29) is 17.4 Å². The SMILES string of the molecule is Cc1cc(C(=O)N2CCC(N)C(C)(C)C2)c2[nH]ncc2c1. The first kappa shape index (κ1) is 14.1. The number of benzene rings is 1. The highest BCUT2D eigenvalue weighted by atomic mass is 16.2. The molecule has 1 aromatic carbocycles. The van der Waals surface area contributed by atoms with Crippen molar-refractivity contribution in [2.45, 2.75) is 33.2 Å². The van der Waals surface area contributed by atoms with E-state index in [1.807, 2.05) is 24.0 Å². The molecule has 1 aromatic heterocycles. The number of fused-ring (bicyclic) bond motifs is 1. The Kier molecular flexibility index (Phi) is 3.24. The van der Waals surface area contributed by atoms with Crippen molar-refractivity contribution in [1.82, 2.24) is 15.1 Å². The number of nitrogens with zero attached hydrogens (tertiary/aromatic N) is 2. The van der Waals surface area contributed by atoms with Gasteiger partial charge in [-0.2, -0.15) is 5.10 Å². The third-order valence-electron chi connectivity index (χ3n) is 4.52. The Morgan fingerprint density at radius 2 is 2.24 bits per heavy atom. The molecule has 1 aliphatic heterocycles. The molecular weight excluding hydrogens is 264 g/mol. The Morgan fingerprint density at radius 3 is 2.95 bits per heavy atom. The molecule has 21 heavy (non-hydrogen) atoms. The second-order valence-electron chi connectivity index (χ2n) is 6.76. The molecule has 3 N–H and O–H groups in total. The smallest absolute Gasteiger partial charge is 0.256 e. The number of hydrogen-bond donors (Lipinski definition) is 2. The number of likely N-dealkylation sites (tertiary alicyclic amines) is 1. The number of rotatable bonds is 1. The van der Waals surface area contributed by atoms with Gasteiger partial charge in [-0.1, -0.05) is 13.8 Å². The first-order chi connectivity index (χ1) is 9.88. The minimum atomic E-state index is -0.0508. The summed E-state index contributed by atoms with van der Waals surface area (Å²) in [4.78, 5) is 14.8. The molecule has 2 aromatic rings. The average molecular weight is 286 g/mol. The van der Waals surface area contributed by atoms with Gasteiger partial charge in [0.15, 0.2) is 0 Å². The molecule has 0 saturated carbocycles. The van der Waals surface area contributed by atoms with E-state index >= 15 is 0 Å². The Balaban J connectivity index is 1.96. The molecule has 1 aliphatic rings. The molecule has 0 radical (unpaired) electrons. The third-order valence-corrected chi connectivity index (χ3v) is 4.52. The van der Waals surface area contributed by atoms with Gasteiger partial charge >= 0.3 is 0 Å². The van der Waals surface area contributed by atoms with Crippen LogP contribution in [0.5, 0.6) is 0 Å². The van der Waals surface area contributed by atoms with E-state index in [4.69, 9.17) is 5.73 Å². The number of nitrogens with one attached hydrogen (secondary N) is 1. The Morgan fingerprint density at radius 1 is 1.48 bits per heavy atom. The van der Waals surface area contributed by atoms with Crippen LogP contribution in [0.25, 0.3) is 10.9 Å². The maximum absolute atomic E-state index is 12.9. The van der Waals surface area contributed by atoms with Crippen molar-refractivity contribution in [3.8, 4) is 0 Å². The molecule has 5 nitrogen and oxygen atoms in total. The van der Waals surface area contributed by atoms with Gasteiger partial charge in [0.1, 0.15) is 0 Å². The molecule has 5 heteroatoms. The molecule has 1 amide bonds. The van der Waals surface area contributed by atoms with Gasteiger partial charge in [-0.15, -0.1) is 0 Å². The summed E-state index contributed by atoms with van der Waals surface area (Å²) < 4.78 is 0. The summed E-state index contributed by atoms with van der Waals surface area (Å²) in [5.74, 6) is 0.0629. The van der Waals surface area contributed by atoms with E-state index in [1.54, 1.807) is 6.20 Å². The zero-order valence-corrected chi connectivity index (χ0v) is 12.8. The Hall–Kier alpha value is -1.88. The lowest BCUT2D eigenvalue weighted by molar-refractivity contribution is 0.0534. The average Bonchev–Trinajstić information content (AvgIpc) is 2.88. The summed E-state index contributed by atoms with van der Waals surface area (Å²) >= 11 is 0. The third kappa shape index (κ3) is 2.42. The molecule has 112 valence electrons. The molecule has 1 unspecified atom stereocenters. The van der Waals surface area contributed by atoms with Gasteiger partial charge < -0.3 is 10.6 Å². The van der Waals surface area contributed by atoms with Gasteiger partial charge in [-0.3, -0.25) is 9.89 Å². The van der Waals surface area contributed by atoms with Crippen molar-refractivity contribution in [2.75, 3.05) is 13.1 Å². The second kappa shape index (κ2) is 4.84. The fraction of sp³-hybridized carbons (Fsp3) is 0.500. The molecule has 2 heterocycles. The minimum absolute atomic E-state index is 0.0508. The Labute approximate surface area is 124 Å². The topological polar surface area (TPSA) is 75.0 Å². The molecule has 0 spiro atoms. The number of carbonyl (C=O) groups is 1. The Bertz CT molecular complexity index is 689. The summed E-state index contributed by atoms with van der Waals surface area (Å²) in [6, 6.07) is 4.11. The lowest BCUT2D eigenvalue weighted by atomic mass is 9.79. The first-order valence-corrected chi connectivity index (χ1v) is 7.37. The molecule has 1 saturated heterocycles. The number of hydrogen-bond acceptors (Lipinski definition) is 3. The molecule has 0 bridgehead atoms. The van der Waals surface area contributed by atoms with Crippen LogP contribution in [0.4, 0.5) is 0 Å². The van der Waals surface area contributed by atoms with Crippen LogP contribution >= 0.6 is 0 Å². The summed E-state index contributed by atoms with van der Waals surface area (Å²) in [7, 11) is 0. The summed E-state index contributed by atoms with van der Waals surface area (Å²) in [5.41, 5.74) is 8.70. The van der Waals surface area contributed by atoms with Gasteiger partial charge in [0.25, 0.3) is 5.91 Å². The number of aromatic nitrogens is 2. The zero-order chi connectivity index (χ0) is 15.2. The fourth-order valence-corrected chi connectivity index (χ4v) is 3.09. The summed E-state index contributed by atoms with van der Waals surface area (Å²) in [5, 5.41) is 7.98. The predicted molar refractivity (Wildman–Crippen MR) is 83.1 cm³/mol. The number of aryl methyl sites for hydroxylation is 1.